The molecular weight excluding hydrogens is 164 g/mol. The summed E-state index contributed by atoms with van der Waals surface area (Å²) in [6.07, 6.45) is 1.86. The van der Waals surface area contributed by atoms with E-state index in [0.717, 1.165) is 32.7 Å². The van der Waals surface area contributed by atoms with Crippen LogP contribution in [0.15, 0.2) is 12.3 Å². The van der Waals surface area contributed by atoms with Gasteiger partial charge in [-0.15, -0.1) is 0 Å². The molecule has 1 saturated heterocycles. The molecule has 0 radical (unpaired) electrons. The Kier molecular flexibility index (Phi) is 2.61. The molecule has 4 nitrogen and oxygen atoms in total. The largest absolute Gasteiger partial charge is 0.314 e. The van der Waals surface area contributed by atoms with Crippen molar-refractivity contribution in [3.8, 4) is 0 Å². The topological polar surface area (TPSA) is 33.1 Å². The predicted molar refractivity (Wildman–Crippen MR) is 51.4 cm³/mol. The summed E-state index contributed by atoms with van der Waals surface area (Å²) in [7, 11) is 2.00. The molecule has 1 aliphatic heterocycles. The zero-order chi connectivity index (χ0) is 9.10. The second kappa shape index (κ2) is 3.89. The number of hydrogen-bond acceptors (Lipinski definition) is 3. The van der Waals surface area contributed by atoms with E-state index < -0.39 is 0 Å². The third-order valence-electron chi connectivity index (χ3n) is 2.52. The van der Waals surface area contributed by atoms with Crippen molar-refractivity contribution in [3.05, 3.63) is 18.0 Å². The number of nitrogens with one attached hydrogen (secondary N) is 1. The van der Waals surface area contributed by atoms with Gasteiger partial charge in [-0.05, 0) is 6.07 Å². The Labute approximate surface area is 78.5 Å². The molecule has 1 aromatic rings. The van der Waals surface area contributed by atoms with Gasteiger partial charge in [0.05, 0.1) is 5.69 Å². The SMILES string of the molecule is Cn1nccc1CN1CCNCC1. The van der Waals surface area contributed by atoms with Gasteiger partial charge in [0.1, 0.15) is 0 Å². The molecule has 2 heterocycles. The lowest BCUT2D eigenvalue weighted by Gasteiger charge is -2.26. The monoisotopic (exact) mass is 180 g/mol. The van der Waals surface area contributed by atoms with Crippen molar-refractivity contribution in [1.29, 1.82) is 0 Å². The van der Waals surface area contributed by atoms with E-state index in [1.165, 1.54) is 5.69 Å². The number of nitrogens with zero attached hydrogens (tertiary/aromatic N) is 3. The highest BCUT2D eigenvalue weighted by molar-refractivity contribution is 4.99. The van der Waals surface area contributed by atoms with Crippen LogP contribution in [0.3, 0.4) is 0 Å². The van der Waals surface area contributed by atoms with Gasteiger partial charge < -0.3 is 5.32 Å². The Hall–Kier alpha value is -0.870. The Morgan fingerprint density at radius 3 is 2.85 bits per heavy atom. The normalized spacial score (nSPS) is 19.2. The predicted octanol–water partition coefficient (Wildman–Crippen LogP) is -0.175. The zero-order valence-corrected chi connectivity index (χ0v) is 8.03. The van der Waals surface area contributed by atoms with Crippen molar-refractivity contribution in [2.45, 2.75) is 6.54 Å². The van der Waals surface area contributed by atoms with E-state index in [1.54, 1.807) is 0 Å². The number of hydrogen-bond donors (Lipinski definition) is 1. The highest BCUT2D eigenvalue weighted by atomic mass is 15.3. The van der Waals surface area contributed by atoms with Crippen LogP contribution < -0.4 is 5.32 Å². The molecule has 0 aliphatic carbocycles. The average molecular weight is 180 g/mol. The molecular formula is C9H16N4. The molecule has 1 aliphatic rings. The van der Waals surface area contributed by atoms with E-state index >= 15 is 0 Å². The molecule has 1 N–H and O–H groups in total. The fraction of sp³-hybridized carbons (Fsp3) is 0.667. The summed E-state index contributed by atoms with van der Waals surface area (Å²) in [6, 6.07) is 2.09. The Balaban J connectivity index is 1.93. The minimum atomic E-state index is 1.03. The standard InChI is InChI=1S/C9H16N4/c1-12-9(2-3-11-12)8-13-6-4-10-5-7-13/h2-3,10H,4-8H2,1H3. The van der Waals surface area contributed by atoms with Crippen LogP contribution in [0.1, 0.15) is 5.69 Å². The van der Waals surface area contributed by atoms with Crippen molar-refractivity contribution in [2.75, 3.05) is 26.2 Å². The lowest BCUT2D eigenvalue weighted by atomic mass is 10.3. The van der Waals surface area contributed by atoms with E-state index in [-0.39, 0.29) is 0 Å². The van der Waals surface area contributed by atoms with Crippen LogP contribution in [0.2, 0.25) is 0 Å². The van der Waals surface area contributed by atoms with Crippen LogP contribution >= 0.6 is 0 Å². The minimum absolute atomic E-state index is 1.03. The van der Waals surface area contributed by atoms with Crippen LogP contribution in [-0.2, 0) is 13.6 Å². The Bertz CT molecular complexity index is 262. The van der Waals surface area contributed by atoms with Gasteiger partial charge in [-0.25, -0.2) is 0 Å². The summed E-state index contributed by atoms with van der Waals surface area (Å²) in [4.78, 5) is 2.45. The zero-order valence-electron chi connectivity index (χ0n) is 8.03. The van der Waals surface area contributed by atoms with E-state index in [0.29, 0.717) is 0 Å². The first-order valence-corrected chi connectivity index (χ1v) is 4.76. The van der Waals surface area contributed by atoms with Gasteiger partial charge in [0.15, 0.2) is 0 Å². The van der Waals surface area contributed by atoms with Gasteiger partial charge in [-0.3, -0.25) is 9.58 Å². The molecule has 1 fully saturated rings. The van der Waals surface area contributed by atoms with Crippen LogP contribution in [0.4, 0.5) is 0 Å². The highest BCUT2D eigenvalue weighted by Crippen LogP contribution is 2.03. The molecule has 0 atom stereocenters. The molecule has 13 heavy (non-hydrogen) atoms. The maximum Gasteiger partial charge on any atom is 0.0521 e. The number of aryl methyl sites for hydroxylation is 1. The van der Waals surface area contributed by atoms with E-state index in [9.17, 15) is 0 Å². The van der Waals surface area contributed by atoms with Crippen molar-refractivity contribution < 1.29 is 0 Å². The quantitative estimate of drug-likeness (QED) is 0.685. The van der Waals surface area contributed by atoms with Crippen LogP contribution in [0, 0.1) is 0 Å². The summed E-state index contributed by atoms with van der Waals surface area (Å²) in [6.45, 7) is 5.53. The van der Waals surface area contributed by atoms with Crippen molar-refractivity contribution in [3.63, 3.8) is 0 Å². The third kappa shape index (κ3) is 2.08. The number of aromatic nitrogens is 2. The summed E-state index contributed by atoms with van der Waals surface area (Å²) in [5.74, 6) is 0. The first-order valence-electron chi connectivity index (χ1n) is 4.76. The molecule has 4 heteroatoms. The minimum Gasteiger partial charge on any atom is -0.314 e. The van der Waals surface area contributed by atoms with Gasteiger partial charge in [0.2, 0.25) is 0 Å². The van der Waals surface area contributed by atoms with Crippen molar-refractivity contribution >= 4 is 0 Å². The average Bonchev–Trinajstić information content (AvgIpc) is 2.54. The van der Waals surface area contributed by atoms with Crippen molar-refractivity contribution in [1.82, 2.24) is 20.0 Å². The van der Waals surface area contributed by atoms with Gasteiger partial charge in [0.25, 0.3) is 0 Å². The highest BCUT2D eigenvalue weighted by Gasteiger charge is 2.10. The lowest BCUT2D eigenvalue weighted by molar-refractivity contribution is 0.228. The Morgan fingerprint density at radius 1 is 1.46 bits per heavy atom. The van der Waals surface area contributed by atoms with Gasteiger partial charge in [-0.2, -0.15) is 5.10 Å². The molecule has 0 bridgehead atoms. The smallest absolute Gasteiger partial charge is 0.0521 e. The molecule has 72 valence electrons. The van der Waals surface area contributed by atoms with Gasteiger partial charge >= 0.3 is 0 Å². The lowest BCUT2D eigenvalue weighted by Crippen LogP contribution is -2.43. The molecule has 1 aromatic heterocycles. The molecule has 2 rings (SSSR count). The first-order chi connectivity index (χ1) is 6.36. The summed E-state index contributed by atoms with van der Waals surface area (Å²) in [5.41, 5.74) is 1.29. The number of piperazine rings is 1. The molecule has 0 amide bonds. The summed E-state index contributed by atoms with van der Waals surface area (Å²) < 4.78 is 1.95. The maximum atomic E-state index is 4.16. The van der Waals surface area contributed by atoms with E-state index in [2.05, 4.69) is 21.4 Å². The number of rotatable bonds is 2. The Morgan fingerprint density at radius 2 is 2.23 bits per heavy atom. The fourth-order valence-electron chi connectivity index (χ4n) is 1.65. The van der Waals surface area contributed by atoms with E-state index in [1.807, 2.05) is 17.9 Å². The summed E-state index contributed by atoms with van der Waals surface area (Å²) in [5, 5.41) is 7.50. The van der Waals surface area contributed by atoms with Crippen molar-refractivity contribution in [2.24, 2.45) is 7.05 Å². The molecule has 0 aromatic carbocycles. The summed E-state index contributed by atoms with van der Waals surface area (Å²) >= 11 is 0. The van der Waals surface area contributed by atoms with E-state index in [4.69, 9.17) is 0 Å². The maximum absolute atomic E-state index is 4.16. The van der Waals surface area contributed by atoms with Gasteiger partial charge in [-0.1, -0.05) is 0 Å². The van der Waals surface area contributed by atoms with Crippen LogP contribution in [0.25, 0.3) is 0 Å². The van der Waals surface area contributed by atoms with Crippen LogP contribution in [0.5, 0.6) is 0 Å². The van der Waals surface area contributed by atoms with Gasteiger partial charge in [0, 0.05) is 46.0 Å². The fourth-order valence-corrected chi connectivity index (χ4v) is 1.65. The third-order valence-corrected chi connectivity index (χ3v) is 2.52. The first kappa shape index (κ1) is 8.72. The molecule has 0 spiro atoms. The molecule has 0 saturated carbocycles. The molecule has 0 unspecified atom stereocenters. The second-order valence-corrected chi connectivity index (χ2v) is 3.47. The van der Waals surface area contributed by atoms with Crippen LogP contribution in [-0.4, -0.2) is 40.9 Å². The second-order valence-electron chi connectivity index (χ2n) is 3.47.